The van der Waals surface area contributed by atoms with Crippen molar-refractivity contribution in [3.05, 3.63) is 181 Å². The smallest absolute Gasteiger partial charge is 0.164 e. The van der Waals surface area contributed by atoms with Gasteiger partial charge in [-0.05, 0) is 50.9 Å². The molecular weight excluding hydrogens is 671 g/mol. The fourth-order valence-corrected chi connectivity index (χ4v) is 7.51. The normalized spacial score (nSPS) is 11.5. The lowest BCUT2D eigenvalue weighted by atomic mass is 9.89. The second-order valence-electron chi connectivity index (χ2n) is 13.3. The molecule has 6 heteroatoms. The van der Waals surface area contributed by atoms with Gasteiger partial charge in [-0.15, -0.1) is 0 Å². The number of hydrogen-bond donors (Lipinski definition) is 0. The van der Waals surface area contributed by atoms with Crippen molar-refractivity contribution in [3.8, 4) is 56.5 Å². The number of halogens is 2. The number of benzene rings is 8. The summed E-state index contributed by atoms with van der Waals surface area (Å²) < 4.78 is 29.5. The minimum absolute atomic E-state index is 0.386. The summed E-state index contributed by atoms with van der Waals surface area (Å²) in [4.78, 5) is 19.8. The van der Waals surface area contributed by atoms with Gasteiger partial charge in [-0.3, -0.25) is 0 Å². The van der Waals surface area contributed by atoms with Crippen molar-refractivity contribution in [1.29, 1.82) is 0 Å². The molecule has 54 heavy (non-hydrogen) atoms. The van der Waals surface area contributed by atoms with Crippen molar-refractivity contribution in [3.63, 3.8) is 0 Å². The number of fused-ring (bicyclic) bond motifs is 8. The topological polar surface area (TPSA) is 51.6 Å². The van der Waals surface area contributed by atoms with Gasteiger partial charge in [0.15, 0.2) is 17.5 Å². The molecule has 2 heterocycles. The molecule has 0 spiro atoms. The molecule has 0 bridgehead atoms. The third-order valence-corrected chi connectivity index (χ3v) is 9.98. The summed E-state index contributed by atoms with van der Waals surface area (Å²) in [5.41, 5.74) is 6.24. The second kappa shape index (κ2) is 12.8. The molecular formula is C48H28F2N4. The van der Waals surface area contributed by atoms with Gasteiger partial charge in [0.05, 0.1) is 11.2 Å². The number of nitrogens with zero attached hydrogens (tertiary/aromatic N) is 4. The molecule has 0 saturated heterocycles. The SMILES string of the molecule is Fc1cc(F)cc(-c2nc3cc(-c4ccc(-c5nc(-c6ccccc6)nc(-c6ccccc6)n5)cc4)ccc3c3c4ccccc4c4ccccc4c23)c1. The standard InChI is InChI=1S/C48H28F2N4/c49-35-25-34(26-36(50)28-35)45-44-40-18-10-8-16-38(40)37-15-7-9-17-39(37)43(44)41-24-23-33(27-42(41)51-45)29-19-21-32(22-20-29)48-53-46(30-11-3-1-4-12-30)52-47(54-48)31-13-5-2-6-14-31/h1-28H. The van der Waals surface area contributed by atoms with Crippen LogP contribution < -0.4 is 0 Å². The van der Waals surface area contributed by atoms with E-state index in [4.69, 9.17) is 19.9 Å². The van der Waals surface area contributed by atoms with E-state index >= 15 is 0 Å². The monoisotopic (exact) mass is 698 g/mol. The maximum absolute atomic E-state index is 14.8. The maximum Gasteiger partial charge on any atom is 0.164 e. The molecule has 0 atom stereocenters. The van der Waals surface area contributed by atoms with E-state index in [1.165, 1.54) is 12.1 Å². The Bertz CT molecular complexity index is 2980. The first kappa shape index (κ1) is 31.5. The van der Waals surface area contributed by atoms with E-state index < -0.39 is 11.6 Å². The molecule has 10 rings (SSSR count). The van der Waals surface area contributed by atoms with Crippen LogP contribution in [0.2, 0.25) is 0 Å². The van der Waals surface area contributed by atoms with Gasteiger partial charge in [0.2, 0.25) is 0 Å². The number of rotatable bonds is 5. The highest BCUT2D eigenvalue weighted by Crippen LogP contribution is 2.43. The summed E-state index contributed by atoms with van der Waals surface area (Å²) >= 11 is 0. The van der Waals surface area contributed by atoms with Gasteiger partial charge in [0, 0.05) is 44.5 Å². The Balaban J connectivity index is 1.14. The molecule has 0 N–H and O–H groups in total. The zero-order valence-corrected chi connectivity index (χ0v) is 28.7. The van der Waals surface area contributed by atoms with E-state index in [1.54, 1.807) is 0 Å². The van der Waals surface area contributed by atoms with Gasteiger partial charge in [0.1, 0.15) is 11.6 Å². The highest BCUT2D eigenvalue weighted by Gasteiger charge is 2.19. The second-order valence-corrected chi connectivity index (χ2v) is 13.3. The molecule has 0 aliphatic rings. The van der Waals surface area contributed by atoms with Crippen molar-refractivity contribution in [1.82, 2.24) is 19.9 Å². The van der Waals surface area contributed by atoms with Gasteiger partial charge in [-0.25, -0.2) is 28.7 Å². The van der Waals surface area contributed by atoms with Crippen LogP contribution >= 0.6 is 0 Å². The lowest BCUT2D eigenvalue weighted by molar-refractivity contribution is 0.584. The van der Waals surface area contributed by atoms with E-state index in [2.05, 4.69) is 54.6 Å². The van der Waals surface area contributed by atoms with Crippen LogP contribution in [0.15, 0.2) is 170 Å². The summed E-state index contributed by atoms with van der Waals surface area (Å²) in [5, 5.41) is 7.00. The fourth-order valence-electron chi connectivity index (χ4n) is 7.51. The van der Waals surface area contributed by atoms with Crippen LogP contribution in [-0.4, -0.2) is 19.9 Å². The van der Waals surface area contributed by atoms with Crippen LogP contribution in [0.25, 0.3) is 99.8 Å². The Morgan fingerprint density at radius 1 is 0.296 bits per heavy atom. The molecule has 0 fully saturated rings. The average Bonchev–Trinajstić information content (AvgIpc) is 3.23. The molecule has 8 aromatic carbocycles. The minimum Gasteiger partial charge on any atom is -0.247 e. The van der Waals surface area contributed by atoms with Gasteiger partial charge in [-0.1, -0.05) is 146 Å². The lowest BCUT2D eigenvalue weighted by Gasteiger charge is -2.17. The molecule has 0 aliphatic carbocycles. The van der Waals surface area contributed by atoms with Crippen molar-refractivity contribution >= 4 is 43.2 Å². The molecule has 10 aromatic rings. The Labute approximate surface area is 309 Å². The third-order valence-electron chi connectivity index (χ3n) is 9.98. The predicted molar refractivity (Wildman–Crippen MR) is 215 cm³/mol. The first-order valence-corrected chi connectivity index (χ1v) is 17.7. The first-order valence-electron chi connectivity index (χ1n) is 17.7. The Morgan fingerprint density at radius 3 is 1.30 bits per heavy atom. The zero-order valence-electron chi connectivity index (χ0n) is 28.7. The van der Waals surface area contributed by atoms with Crippen molar-refractivity contribution in [2.75, 3.05) is 0 Å². The van der Waals surface area contributed by atoms with Crippen molar-refractivity contribution < 1.29 is 8.78 Å². The summed E-state index contributed by atoms with van der Waals surface area (Å²) in [6.07, 6.45) is 0. The summed E-state index contributed by atoms with van der Waals surface area (Å²) in [6, 6.07) is 54.3. The molecule has 0 saturated carbocycles. The molecule has 254 valence electrons. The molecule has 0 radical (unpaired) electrons. The molecule has 0 amide bonds. The zero-order chi connectivity index (χ0) is 36.2. The molecule has 4 nitrogen and oxygen atoms in total. The minimum atomic E-state index is -0.649. The number of pyridine rings is 1. The molecule has 0 unspecified atom stereocenters. The van der Waals surface area contributed by atoms with Gasteiger partial charge in [-0.2, -0.15) is 0 Å². The van der Waals surface area contributed by atoms with Gasteiger partial charge >= 0.3 is 0 Å². The van der Waals surface area contributed by atoms with Crippen molar-refractivity contribution in [2.45, 2.75) is 0 Å². The van der Waals surface area contributed by atoms with E-state index in [1.807, 2.05) is 97.1 Å². The molecule has 2 aromatic heterocycles. The van der Waals surface area contributed by atoms with Crippen LogP contribution in [0.5, 0.6) is 0 Å². The van der Waals surface area contributed by atoms with E-state index in [0.29, 0.717) is 28.7 Å². The van der Waals surface area contributed by atoms with Crippen LogP contribution in [0.1, 0.15) is 0 Å². The van der Waals surface area contributed by atoms with E-state index in [-0.39, 0.29) is 0 Å². The van der Waals surface area contributed by atoms with Crippen molar-refractivity contribution in [2.24, 2.45) is 0 Å². The summed E-state index contributed by atoms with van der Waals surface area (Å²) in [5.74, 6) is 0.483. The van der Waals surface area contributed by atoms with Gasteiger partial charge in [0.25, 0.3) is 0 Å². The highest BCUT2D eigenvalue weighted by atomic mass is 19.1. The van der Waals surface area contributed by atoms with E-state index in [9.17, 15) is 8.78 Å². The first-order chi connectivity index (χ1) is 26.6. The Kier molecular flexibility index (Phi) is 7.47. The van der Waals surface area contributed by atoms with Crippen LogP contribution in [0.3, 0.4) is 0 Å². The highest BCUT2D eigenvalue weighted by molar-refractivity contribution is 6.33. The van der Waals surface area contributed by atoms with Crippen LogP contribution in [0, 0.1) is 11.6 Å². The van der Waals surface area contributed by atoms with E-state index in [0.717, 1.165) is 77.1 Å². The lowest BCUT2D eigenvalue weighted by Crippen LogP contribution is -2.00. The Hall–Kier alpha value is -7.18. The maximum atomic E-state index is 14.8. The quantitative estimate of drug-likeness (QED) is 0.168. The molecule has 0 aliphatic heterocycles. The predicted octanol–water partition coefficient (Wildman–Crippen LogP) is 12.5. The largest absolute Gasteiger partial charge is 0.247 e. The number of hydrogen-bond acceptors (Lipinski definition) is 4. The number of aromatic nitrogens is 4. The van der Waals surface area contributed by atoms with Crippen LogP contribution in [-0.2, 0) is 0 Å². The Morgan fingerprint density at radius 2 is 0.741 bits per heavy atom. The fraction of sp³-hybridized carbons (Fsp3) is 0. The van der Waals surface area contributed by atoms with Gasteiger partial charge < -0.3 is 0 Å². The van der Waals surface area contributed by atoms with Crippen LogP contribution in [0.4, 0.5) is 8.78 Å². The average molecular weight is 699 g/mol. The summed E-state index contributed by atoms with van der Waals surface area (Å²) in [7, 11) is 0. The third kappa shape index (κ3) is 5.44. The summed E-state index contributed by atoms with van der Waals surface area (Å²) in [6.45, 7) is 0.